The van der Waals surface area contributed by atoms with Crippen molar-refractivity contribution in [1.29, 1.82) is 0 Å². The highest BCUT2D eigenvalue weighted by Gasteiger charge is 2.33. The van der Waals surface area contributed by atoms with E-state index in [0.29, 0.717) is 22.6 Å². The van der Waals surface area contributed by atoms with Gasteiger partial charge >= 0.3 is 11.9 Å². The number of hydrogen-bond acceptors (Lipinski definition) is 4. The van der Waals surface area contributed by atoms with Gasteiger partial charge in [0.25, 0.3) is 0 Å². The minimum atomic E-state index is -0.979. The molecule has 5 heteroatoms. The van der Waals surface area contributed by atoms with Crippen molar-refractivity contribution in [3.05, 3.63) is 29.8 Å². The smallest absolute Gasteiger partial charge is 0.336 e. The molecule has 1 fully saturated rings. The predicted molar refractivity (Wildman–Crippen MR) is 95.3 cm³/mol. The van der Waals surface area contributed by atoms with Crippen molar-refractivity contribution in [3.63, 3.8) is 0 Å². The maximum Gasteiger partial charge on any atom is 0.336 e. The first-order valence-corrected chi connectivity index (χ1v) is 9.51. The summed E-state index contributed by atoms with van der Waals surface area (Å²) in [6.45, 7) is 6.56. The van der Waals surface area contributed by atoms with Gasteiger partial charge in [-0.05, 0) is 42.7 Å². The van der Waals surface area contributed by atoms with Crippen LogP contribution >= 0.6 is 11.8 Å². The van der Waals surface area contributed by atoms with E-state index < -0.39 is 5.97 Å². The van der Waals surface area contributed by atoms with Gasteiger partial charge in [-0.1, -0.05) is 39.3 Å². The molecule has 24 heavy (non-hydrogen) atoms. The summed E-state index contributed by atoms with van der Waals surface area (Å²) in [6, 6.07) is 6.73. The van der Waals surface area contributed by atoms with Gasteiger partial charge in [0.1, 0.15) is 6.10 Å². The molecule has 1 aromatic carbocycles. The van der Waals surface area contributed by atoms with Crippen LogP contribution in [0.25, 0.3) is 0 Å². The average molecular weight is 350 g/mol. The van der Waals surface area contributed by atoms with E-state index in [1.54, 1.807) is 24.3 Å². The van der Waals surface area contributed by atoms with Gasteiger partial charge in [0.05, 0.1) is 11.3 Å². The highest BCUT2D eigenvalue weighted by Crippen LogP contribution is 2.35. The van der Waals surface area contributed by atoms with Gasteiger partial charge in [-0.25, -0.2) is 4.79 Å². The molecule has 0 bridgehead atoms. The van der Waals surface area contributed by atoms with Crippen molar-refractivity contribution in [2.24, 2.45) is 17.8 Å². The summed E-state index contributed by atoms with van der Waals surface area (Å²) in [6.07, 6.45) is 3.20. The molecule has 0 amide bonds. The summed E-state index contributed by atoms with van der Waals surface area (Å²) in [5.74, 6) is 0.396. The molecule has 0 aliphatic heterocycles. The zero-order chi connectivity index (χ0) is 17.7. The minimum absolute atomic E-state index is 0.0171. The Hall–Kier alpha value is -1.49. The topological polar surface area (TPSA) is 63.6 Å². The number of carbonyl (C=O) groups excluding carboxylic acids is 1. The van der Waals surface area contributed by atoms with Gasteiger partial charge in [-0.2, -0.15) is 0 Å². The van der Waals surface area contributed by atoms with Gasteiger partial charge in [-0.15, -0.1) is 11.8 Å². The molecule has 0 spiro atoms. The second-order valence-corrected chi connectivity index (χ2v) is 7.96. The molecule has 2 rings (SSSR count). The Bertz CT molecular complexity index is 584. The van der Waals surface area contributed by atoms with Crippen LogP contribution in [-0.4, -0.2) is 28.9 Å². The van der Waals surface area contributed by atoms with Crippen LogP contribution < -0.4 is 0 Å². The number of carboxylic acids is 1. The Kier molecular flexibility index (Phi) is 6.72. The van der Waals surface area contributed by atoms with Crippen LogP contribution in [0.5, 0.6) is 0 Å². The highest BCUT2D eigenvalue weighted by atomic mass is 32.2. The maximum absolute atomic E-state index is 12.3. The van der Waals surface area contributed by atoms with Gasteiger partial charge < -0.3 is 9.84 Å². The normalized spacial score (nSPS) is 23.9. The summed E-state index contributed by atoms with van der Waals surface area (Å²) in [4.78, 5) is 24.1. The molecular weight excluding hydrogens is 324 g/mol. The van der Waals surface area contributed by atoms with Crippen molar-refractivity contribution in [2.45, 2.75) is 51.0 Å². The third-order valence-corrected chi connectivity index (χ3v) is 5.75. The van der Waals surface area contributed by atoms with Crippen LogP contribution in [-0.2, 0) is 9.53 Å². The zero-order valence-corrected chi connectivity index (χ0v) is 15.3. The molecule has 132 valence electrons. The Balaban J connectivity index is 1.94. The molecule has 4 nitrogen and oxygen atoms in total. The lowest BCUT2D eigenvalue weighted by molar-refractivity contribution is -0.152. The van der Waals surface area contributed by atoms with E-state index in [1.807, 2.05) is 0 Å². The molecule has 0 radical (unpaired) electrons. The lowest BCUT2D eigenvalue weighted by atomic mass is 9.75. The van der Waals surface area contributed by atoms with Gasteiger partial charge in [-0.3, -0.25) is 4.79 Å². The Morgan fingerprint density at radius 2 is 2.00 bits per heavy atom. The number of hydrogen-bond donors (Lipinski definition) is 1. The molecule has 0 heterocycles. The van der Waals surface area contributed by atoms with Crippen LogP contribution in [0.3, 0.4) is 0 Å². The first-order chi connectivity index (χ1) is 11.4. The van der Waals surface area contributed by atoms with E-state index >= 15 is 0 Å². The number of carbonyl (C=O) groups is 2. The number of benzene rings is 1. The van der Waals surface area contributed by atoms with E-state index in [0.717, 1.165) is 12.8 Å². The molecule has 0 unspecified atom stereocenters. The number of carboxylic acid groups (broad SMARTS) is 1. The van der Waals surface area contributed by atoms with Crippen LogP contribution in [0.15, 0.2) is 29.2 Å². The fourth-order valence-electron chi connectivity index (χ4n) is 3.36. The summed E-state index contributed by atoms with van der Waals surface area (Å²) < 4.78 is 5.75. The first kappa shape index (κ1) is 18.8. The number of rotatable bonds is 6. The molecule has 1 saturated carbocycles. The molecule has 1 aliphatic rings. The van der Waals surface area contributed by atoms with Gasteiger partial charge in [0.2, 0.25) is 0 Å². The second-order valence-electron chi connectivity index (χ2n) is 6.94. The maximum atomic E-state index is 12.3. The molecule has 1 N–H and O–H groups in total. The first-order valence-electron chi connectivity index (χ1n) is 8.53. The lowest BCUT2D eigenvalue weighted by Crippen LogP contribution is -2.36. The predicted octanol–water partition coefficient (Wildman–Crippen LogP) is 4.48. The van der Waals surface area contributed by atoms with E-state index in [9.17, 15) is 14.7 Å². The van der Waals surface area contributed by atoms with Crippen LogP contribution in [0.4, 0.5) is 0 Å². The molecule has 0 aromatic heterocycles. The van der Waals surface area contributed by atoms with E-state index in [-0.39, 0.29) is 23.4 Å². The SMILES string of the molecule is CC(C)[C@H]1CC[C@H](C)C[C@@H]1OC(=O)CSc1ccccc1C(=O)O. The molecule has 3 atom stereocenters. The van der Waals surface area contributed by atoms with Crippen molar-refractivity contribution >= 4 is 23.7 Å². The molecular formula is C19H26O4S. The van der Waals surface area contributed by atoms with E-state index in [4.69, 9.17) is 4.74 Å². The number of esters is 1. The van der Waals surface area contributed by atoms with Crippen molar-refractivity contribution in [3.8, 4) is 0 Å². The number of thioether (sulfide) groups is 1. The number of aromatic carboxylic acids is 1. The molecule has 1 aliphatic carbocycles. The Labute approximate surface area is 148 Å². The van der Waals surface area contributed by atoms with E-state index in [2.05, 4.69) is 20.8 Å². The largest absolute Gasteiger partial charge is 0.478 e. The summed E-state index contributed by atoms with van der Waals surface area (Å²) in [5, 5.41) is 9.19. The summed E-state index contributed by atoms with van der Waals surface area (Å²) in [5.41, 5.74) is 0.224. The monoisotopic (exact) mass is 350 g/mol. The van der Waals surface area contributed by atoms with Gasteiger partial charge in [0.15, 0.2) is 0 Å². The van der Waals surface area contributed by atoms with E-state index in [1.165, 1.54) is 18.2 Å². The molecule has 0 saturated heterocycles. The van der Waals surface area contributed by atoms with Crippen LogP contribution in [0.1, 0.15) is 50.4 Å². The Morgan fingerprint density at radius 3 is 2.67 bits per heavy atom. The van der Waals surface area contributed by atoms with Crippen molar-refractivity contribution < 1.29 is 19.4 Å². The third-order valence-electron chi connectivity index (χ3n) is 4.71. The summed E-state index contributed by atoms with van der Waals surface area (Å²) >= 11 is 1.23. The minimum Gasteiger partial charge on any atom is -0.478 e. The third kappa shape index (κ3) is 5.00. The lowest BCUT2D eigenvalue weighted by Gasteiger charge is -2.36. The molecule has 1 aromatic rings. The standard InChI is InChI=1S/C19H26O4S/c1-12(2)14-9-8-13(3)10-16(14)23-18(20)11-24-17-7-5-4-6-15(17)19(21)22/h4-7,12-14,16H,8-11H2,1-3H3,(H,21,22)/t13-,14+,16-/m0/s1. The average Bonchev–Trinajstić information content (AvgIpc) is 2.53. The number of ether oxygens (including phenoxy) is 1. The summed E-state index contributed by atoms with van der Waals surface area (Å²) in [7, 11) is 0. The fraction of sp³-hybridized carbons (Fsp3) is 0.579. The van der Waals surface area contributed by atoms with Crippen molar-refractivity contribution in [2.75, 3.05) is 5.75 Å². The Morgan fingerprint density at radius 1 is 1.29 bits per heavy atom. The second kappa shape index (κ2) is 8.56. The zero-order valence-electron chi connectivity index (χ0n) is 14.5. The highest BCUT2D eigenvalue weighted by molar-refractivity contribution is 8.00. The van der Waals surface area contributed by atoms with Crippen LogP contribution in [0.2, 0.25) is 0 Å². The van der Waals surface area contributed by atoms with Gasteiger partial charge in [0, 0.05) is 4.90 Å². The fourth-order valence-corrected chi connectivity index (χ4v) is 4.19. The van der Waals surface area contributed by atoms with Crippen molar-refractivity contribution in [1.82, 2.24) is 0 Å². The quantitative estimate of drug-likeness (QED) is 0.605. The van der Waals surface area contributed by atoms with Crippen LogP contribution in [0, 0.1) is 17.8 Å².